The SMILES string of the molecule is O=C(NCCc1cccnc1)c1ccccc1-n1cnnn1. The van der Waals surface area contributed by atoms with Gasteiger partial charge in [-0.3, -0.25) is 9.78 Å². The van der Waals surface area contributed by atoms with E-state index in [0.29, 0.717) is 17.8 Å². The summed E-state index contributed by atoms with van der Waals surface area (Å²) in [5.74, 6) is -0.157. The first kappa shape index (κ1) is 13.9. The zero-order valence-corrected chi connectivity index (χ0v) is 11.8. The van der Waals surface area contributed by atoms with Gasteiger partial charge in [0.2, 0.25) is 0 Å². The number of aromatic nitrogens is 5. The zero-order chi connectivity index (χ0) is 15.2. The lowest BCUT2D eigenvalue weighted by Gasteiger charge is -2.09. The summed E-state index contributed by atoms with van der Waals surface area (Å²) in [5.41, 5.74) is 2.25. The molecule has 0 saturated heterocycles. The van der Waals surface area contributed by atoms with Gasteiger partial charge in [-0.1, -0.05) is 18.2 Å². The fourth-order valence-corrected chi connectivity index (χ4v) is 2.10. The number of benzene rings is 1. The van der Waals surface area contributed by atoms with Gasteiger partial charge in [0.25, 0.3) is 5.91 Å². The van der Waals surface area contributed by atoms with Crippen molar-refractivity contribution in [2.45, 2.75) is 6.42 Å². The third-order valence-corrected chi connectivity index (χ3v) is 3.17. The van der Waals surface area contributed by atoms with E-state index >= 15 is 0 Å². The minimum absolute atomic E-state index is 0.157. The highest BCUT2D eigenvalue weighted by atomic mass is 16.1. The molecule has 3 rings (SSSR count). The van der Waals surface area contributed by atoms with Gasteiger partial charge in [0.15, 0.2) is 0 Å². The number of rotatable bonds is 5. The molecular weight excluding hydrogens is 280 g/mol. The fraction of sp³-hybridized carbons (Fsp3) is 0.133. The lowest BCUT2D eigenvalue weighted by molar-refractivity contribution is 0.0954. The molecule has 3 aromatic rings. The summed E-state index contributed by atoms with van der Waals surface area (Å²) in [6, 6.07) is 11.1. The third-order valence-electron chi connectivity index (χ3n) is 3.17. The highest BCUT2D eigenvalue weighted by Crippen LogP contribution is 2.12. The number of carbonyl (C=O) groups excluding carboxylic acids is 1. The molecule has 0 aliphatic heterocycles. The number of carbonyl (C=O) groups is 1. The normalized spacial score (nSPS) is 10.4. The van der Waals surface area contributed by atoms with Gasteiger partial charge in [0, 0.05) is 18.9 Å². The number of hydrogen-bond acceptors (Lipinski definition) is 5. The number of para-hydroxylation sites is 1. The van der Waals surface area contributed by atoms with Gasteiger partial charge in [0.1, 0.15) is 6.33 Å². The predicted octanol–water partition coefficient (Wildman–Crippen LogP) is 1.03. The molecule has 0 radical (unpaired) electrons. The fourth-order valence-electron chi connectivity index (χ4n) is 2.10. The summed E-state index contributed by atoms with van der Waals surface area (Å²) in [4.78, 5) is 16.4. The molecule has 22 heavy (non-hydrogen) atoms. The van der Waals surface area contributed by atoms with Crippen LogP contribution in [0.1, 0.15) is 15.9 Å². The Hall–Kier alpha value is -3.09. The van der Waals surface area contributed by atoms with Gasteiger partial charge in [-0.15, -0.1) is 5.10 Å². The molecule has 110 valence electrons. The minimum atomic E-state index is -0.157. The standard InChI is InChI=1S/C15H14N6O/c22-15(17-9-7-12-4-3-8-16-10-12)13-5-1-2-6-14(13)21-11-18-19-20-21/h1-6,8,10-11H,7,9H2,(H,17,22). The van der Waals surface area contributed by atoms with Crippen LogP contribution in [0.4, 0.5) is 0 Å². The van der Waals surface area contributed by atoms with Crippen molar-refractivity contribution in [3.63, 3.8) is 0 Å². The second-order valence-electron chi connectivity index (χ2n) is 4.64. The van der Waals surface area contributed by atoms with E-state index in [1.165, 1.54) is 11.0 Å². The molecule has 1 aromatic carbocycles. The highest BCUT2D eigenvalue weighted by Gasteiger charge is 2.12. The second kappa shape index (κ2) is 6.57. The minimum Gasteiger partial charge on any atom is -0.352 e. The monoisotopic (exact) mass is 294 g/mol. The first-order valence-electron chi connectivity index (χ1n) is 6.84. The summed E-state index contributed by atoms with van der Waals surface area (Å²) in [6.45, 7) is 0.536. The maximum absolute atomic E-state index is 12.3. The van der Waals surface area contributed by atoms with Crippen molar-refractivity contribution in [2.24, 2.45) is 0 Å². The van der Waals surface area contributed by atoms with Crippen LogP contribution in [0.3, 0.4) is 0 Å². The first-order chi connectivity index (χ1) is 10.8. The topological polar surface area (TPSA) is 85.6 Å². The van der Waals surface area contributed by atoms with Crippen LogP contribution in [0.25, 0.3) is 5.69 Å². The van der Waals surface area contributed by atoms with Crippen molar-refractivity contribution in [1.29, 1.82) is 0 Å². The Kier molecular flexibility index (Phi) is 4.15. The molecular formula is C15H14N6O. The Bertz CT molecular complexity index is 742. The van der Waals surface area contributed by atoms with Crippen molar-refractivity contribution in [3.05, 3.63) is 66.2 Å². The van der Waals surface area contributed by atoms with E-state index in [1.54, 1.807) is 24.5 Å². The Labute approximate surface area is 127 Å². The molecule has 0 bridgehead atoms. The number of hydrogen-bond donors (Lipinski definition) is 1. The molecule has 1 N–H and O–H groups in total. The molecule has 0 aliphatic rings. The van der Waals surface area contributed by atoms with Gasteiger partial charge < -0.3 is 5.32 Å². The summed E-state index contributed by atoms with van der Waals surface area (Å²) in [5, 5.41) is 13.9. The number of amides is 1. The number of nitrogens with zero attached hydrogens (tertiary/aromatic N) is 5. The van der Waals surface area contributed by atoms with E-state index in [9.17, 15) is 4.79 Å². The molecule has 2 heterocycles. The van der Waals surface area contributed by atoms with E-state index < -0.39 is 0 Å². The lowest BCUT2D eigenvalue weighted by Crippen LogP contribution is -2.27. The number of pyridine rings is 1. The molecule has 0 saturated carbocycles. The van der Waals surface area contributed by atoms with Gasteiger partial charge in [-0.05, 0) is 40.6 Å². The van der Waals surface area contributed by atoms with E-state index in [0.717, 1.165) is 12.0 Å². The largest absolute Gasteiger partial charge is 0.352 e. The highest BCUT2D eigenvalue weighted by molar-refractivity contribution is 5.97. The molecule has 0 atom stereocenters. The summed E-state index contributed by atoms with van der Waals surface area (Å²) in [6.07, 6.45) is 5.71. The van der Waals surface area contributed by atoms with E-state index in [1.807, 2.05) is 24.3 Å². The Morgan fingerprint density at radius 3 is 2.86 bits per heavy atom. The van der Waals surface area contributed by atoms with Gasteiger partial charge in [0.05, 0.1) is 11.3 Å². The maximum Gasteiger partial charge on any atom is 0.253 e. The zero-order valence-electron chi connectivity index (χ0n) is 11.8. The molecule has 2 aromatic heterocycles. The number of nitrogens with one attached hydrogen (secondary N) is 1. The molecule has 7 nitrogen and oxygen atoms in total. The Balaban J connectivity index is 1.68. The van der Waals surface area contributed by atoms with Crippen LogP contribution in [-0.2, 0) is 6.42 Å². The lowest BCUT2D eigenvalue weighted by atomic mass is 10.1. The third kappa shape index (κ3) is 3.14. The molecule has 1 amide bonds. The van der Waals surface area contributed by atoms with Crippen molar-refractivity contribution in [2.75, 3.05) is 6.54 Å². The quantitative estimate of drug-likeness (QED) is 0.759. The summed E-state index contributed by atoms with van der Waals surface area (Å²) in [7, 11) is 0. The van der Waals surface area contributed by atoms with Crippen LogP contribution in [0.2, 0.25) is 0 Å². The van der Waals surface area contributed by atoms with Crippen LogP contribution < -0.4 is 5.32 Å². The van der Waals surface area contributed by atoms with Crippen molar-refractivity contribution < 1.29 is 4.79 Å². The second-order valence-corrected chi connectivity index (χ2v) is 4.64. The Morgan fingerprint density at radius 1 is 1.18 bits per heavy atom. The average molecular weight is 294 g/mol. The van der Waals surface area contributed by atoms with Crippen molar-refractivity contribution in [1.82, 2.24) is 30.5 Å². The van der Waals surface area contributed by atoms with Gasteiger partial charge in [-0.2, -0.15) is 4.68 Å². The summed E-state index contributed by atoms with van der Waals surface area (Å²) >= 11 is 0. The summed E-state index contributed by atoms with van der Waals surface area (Å²) < 4.78 is 1.47. The maximum atomic E-state index is 12.3. The molecule has 0 aliphatic carbocycles. The molecule has 0 fully saturated rings. The molecule has 0 spiro atoms. The van der Waals surface area contributed by atoms with Crippen LogP contribution in [0, 0.1) is 0 Å². The van der Waals surface area contributed by atoms with E-state index in [-0.39, 0.29) is 5.91 Å². The van der Waals surface area contributed by atoms with Crippen LogP contribution >= 0.6 is 0 Å². The average Bonchev–Trinajstić information content (AvgIpc) is 3.10. The van der Waals surface area contributed by atoms with E-state index in [2.05, 4.69) is 25.8 Å². The molecule has 0 unspecified atom stereocenters. The number of tetrazole rings is 1. The van der Waals surface area contributed by atoms with Crippen LogP contribution in [0.5, 0.6) is 0 Å². The van der Waals surface area contributed by atoms with E-state index in [4.69, 9.17) is 0 Å². The predicted molar refractivity (Wildman–Crippen MR) is 79.4 cm³/mol. The van der Waals surface area contributed by atoms with Crippen molar-refractivity contribution in [3.8, 4) is 5.69 Å². The van der Waals surface area contributed by atoms with Crippen molar-refractivity contribution >= 4 is 5.91 Å². The smallest absolute Gasteiger partial charge is 0.253 e. The van der Waals surface area contributed by atoms with Crippen LogP contribution in [-0.4, -0.2) is 37.6 Å². The molecule has 7 heteroatoms. The van der Waals surface area contributed by atoms with Gasteiger partial charge in [-0.25, -0.2) is 0 Å². The Morgan fingerprint density at radius 2 is 2.09 bits per heavy atom. The van der Waals surface area contributed by atoms with Gasteiger partial charge >= 0.3 is 0 Å². The van der Waals surface area contributed by atoms with Crippen LogP contribution in [0.15, 0.2) is 55.1 Å². The first-order valence-corrected chi connectivity index (χ1v) is 6.84.